The van der Waals surface area contributed by atoms with Crippen molar-refractivity contribution in [3.63, 3.8) is 0 Å². The zero-order chi connectivity index (χ0) is 6.85. The molecule has 0 saturated carbocycles. The topological polar surface area (TPSA) is 69.6 Å². The Balaban J connectivity index is 2.19. The van der Waals surface area contributed by atoms with Gasteiger partial charge >= 0.3 is 5.97 Å². The Morgan fingerprint density at radius 2 is 2.33 bits per heavy atom. The molecule has 1 heterocycles. The quantitative estimate of drug-likeness (QED) is 0.440. The maximum absolute atomic E-state index is 10.1. The highest BCUT2D eigenvalue weighted by Gasteiger charge is 2.32. The third kappa shape index (κ3) is 1.20. The fraction of sp³-hybridized carbons (Fsp3) is 0.800. The van der Waals surface area contributed by atoms with E-state index in [0.717, 1.165) is 0 Å². The zero-order valence-electron chi connectivity index (χ0n) is 4.87. The highest BCUT2D eigenvalue weighted by molar-refractivity contribution is 5.74. The van der Waals surface area contributed by atoms with Gasteiger partial charge in [-0.05, 0) is 6.42 Å². The third-order valence-corrected chi connectivity index (χ3v) is 1.48. The third-order valence-electron chi connectivity index (χ3n) is 1.48. The van der Waals surface area contributed by atoms with E-state index in [-0.39, 0.29) is 12.6 Å². The van der Waals surface area contributed by atoms with Crippen molar-refractivity contribution in [2.45, 2.75) is 18.5 Å². The summed E-state index contributed by atoms with van der Waals surface area (Å²) in [5.74, 6) is -0.834. The number of carboxylic acid groups (broad SMARTS) is 1. The molecule has 0 unspecified atom stereocenters. The number of nitrogens with one attached hydrogen (secondary N) is 1. The van der Waals surface area contributed by atoms with E-state index >= 15 is 0 Å². The largest absolute Gasteiger partial charge is 0.480 e. The average Bonchev–Trinajstić information content (AvgIpc) is 1.61. The van der Waals surface area contributed by atoms with Crippen LogP contribution in [0.3, 0.4) is 0 Å². The minimum absolute atomic E-state index is 0.00565. The van der Waals surface area contributed by atoms with E-state index in [1.54, 1.807) is 0 Å². The molecule has 2 atom stereocenters. The van der Waals surface area contributed by atoms with E-state index < -0.39 is 12.0 Å². The van der Waals surface area contributed by atoms with Gasteiger partial charge in [-0.1, -0.05) is 0 Å². The Labute approximate surface area is 52.5 Å². The van der Waals surface area contributed by atoms with Gasteiger partial charge in [-0.3, -0.25) is 10.1 Å². The van der Waals surface area contributed by atoms with Crippen molar-refractivity contribution in [3.8, 4) is 0 Å². The summed E-state index contributed by atoms with van der Waals surface area (Å²) in [7, 11) is 0. The monoisotopic (exact) mass is 131 g/mol. The molecule has 1 fully saturated rings. The fourth-order valence-corrected chi connectivity index (χ4v) is 0.844. The second-order valence-electron chi connectivity index (χ2n) is 2.17. The second kappa shape index (κ2) is 2.33. The lowest BCUT2D eigenvalue weighted by Crippen LogP contribution is -2.57. The summed E-state index contributed by atoms with van der Waals surface area (Å²) in [6.07, 6.45) is 0.547. The molecule has 1 aliphatic heterocycles. The molecule has 4 heteroatoms. The molecule has 1 aliphatic rings. The molecule has 0 aliphatic carbocycles. The van der Waals surface area contributed by atoms with Crippen LogP contribution in [0.2, 0.25) is 0 Å². The number of aliphatic hydroxyl groups excluding tert-OH is 1. The molecule has 1 rings (SSSR count). The van der Waals surface area contributed by atoms with Gasteiger partial charge in [0.15, 0.2) is 0 Å². The van der Waals surface area contributed by atoms with E-state index in [0.29, 0.717) is 6.42 Å². The Bertz CT molecular complexity index is 119. The van der Waals surface area contributed by atoms with Crippen LogP contribution in [-0.2, 0) is 4.79 Å². The SMILES string of the molecule is O=C(O)[C@@H]1C[C@H](CO)N1. The lowest BCUT2D eigenvalue weighted by molar-refractivity contribution is -0.142. The van der Waals surface area contributed by atoms with Crippen molar-refractivity contribution in [3.05, 3.63) is 0 Å². The first kappa shape index (κ1) is 6.51. The normalized spacial score (nSPS) is 33.4. The van der Waals surface area contributed by atoms with Crippen LogP contribution < -0.4 is 5.32 Å². The van der Waals surface area contributed by atoms with Gasteiger partial charge in [0.25, 0.3) is 0 Å². The Hall–Kier alpha value is -0.610. The number of aliphatic carboxylic acids is 1. The highest BCUT2D eigenvalue weighted by Crippen LogP contribution is 2.10. The molecular weight excluding hydrogens is 122 g/mol. The van der Waals surface area contributed by atoms with Crippen LogP contribution in [-0.4, -0.2) is 34.9 Å². The van der Waals surface area contributed by atoms with Crippen molar-refractivity contribution in [2.24, 2.45) is 0 Å². The minimum atomic E-state index is -0.834. The van der Waals surface area contributed by atoms with E-state index in [4.69, 9.17) is 10.2 Å². The van der Waals surface area contributed by atoms with Gasteiger partial charge in [0.05, 0.1) is 6.61 Å². The van der Waals surface area contributed by atoms with Gasteiger partial charge in [-0.15, -0.1) is 0 Å². The molecule has 0 amide bonds. The lowest BCUT2D eigenvalue weighted by atomic mass is 9.98. The first-order valence-electron chi connectivity index (χ1n) is 2.83. The first-order valence-corrected chi connectivity index (χ1v) is 2.83. The molecule has 0 radical (unpaired) electrons. The van der Waals surface area contributed by atoms with Crippen LogP contribution in [0.4, 0.5) is 0 Å². The smallest absolute Gasteiger partial charge is 0.320 e. The van der Waals surface area contributed by atoms with Crippen LogP contribution in [0.5, 0.6) is 0 Å². The molecule has 0 spiro atoms. The van der Waals surface area contributed by atoms with Crippen molar-refractivity contribution in [2.75, 3.05) is 6.61 Å². The summed E-state index contributed by atoms with van der Waals surface area (Å²) >= 11 is 0. The number of hydrogen-bond acceptors (Lipinski definition) is 3. The molecule has 4 nitrogen and oxygen atoms in total. The summed E-state index contributed by atoms with van der Waals surface area (Å²) in [5, 5.41) is 19.4. The summed E-state index contributed by atoms with van der Waals surface area (Å²) in [4.78, 5) is 10.1. The highest BCUT2D eigenvalue weighted by atomic mass is 16.4. The van der Waals surface area contributed by atoms with Crippen molar-refractivity contribution in [1.82, 2.24) is 5.32 Å². The van der Waals surface area contributed by atoms with Gasteiger partial charge in [-0.2, -0.15) is 0 Å². The molecule has 0 bridgehead atoms. The molecular formula is C5H9NO3. The molecule has 0 aromatic rings. The Kier molecular flexibility index (Phi) is 1.68. The number of aliphatic hydroxyl groups is 1. The minimum Gasteiger partial charge on any atom is -0.480 e. The zero-order valence-corrected chi connectivity index (χ0v) is 4.87. The average molecular weight is 131 g/mol. The molecule has 0 aromatic heterocycles. The van der Waals surface area contributed by atoms with Gasteiger partial charge in [-0.25, -0.2) is 0 Å². The summed E-state index contributed by atoms with van der Waals surface area (Å²) in [6.45, 7) is 0.0315. The predicted octanol–water partition coefficient (Wildman–Crippen LogP) is -1.21. The van der Waals surface area contributed by atoms with E-state index in [9.17, 15) is 4.79 Å². The lowest BCUT2D eigenvalue weighted by Gasteiger charge is -2.32. The van der Waals surface area contributed by atoms with E-state index in [1.807, 2.05) is 0 Å². The predicted molar refractivity (Wildman–Crippen MR) is 30.1 cm³/mol. The molecule has 9 heavy (non-hydrogen) atoms. The molecule has 0 aromatic carbocycles. The molecule has 52 valence electrons. The van der Waals surface area contributed by atoms with Crippen LogP contribution in [0.1, 0.15) is 6.42 Å². The van der Waals surface area contributed by atoms with Crippen molar-refractivity contribution in [1.29, 1.82) is 0 Å². The second-order valence-corrected chi connectivity index (χ2v) is 2.17. The maximum Gasteiger partial charge on any atom is 0.320 e. The van der Waals surface area contributed by atoms with Gasteiger partial charge in [0.1, 0.15) is 6.04 Å². The standard InChI is InChI=1S/C5H9NO3/c7-2-3-1-4(6-3)5(8)9/h3-4,6-7H,1-2H2,(H,8,9)/t3-,4+/m1/s1. The van der Waals surface area contributed by atoms with Gasteiger partial charge < -0.3 is 10.2 Å². The van der Waals surface area contributed by atoms with E-state index in [2.05, 4.69) is 5.32 Å². The van der Waals surface area contributed by atoms with Crippen LogP contribution in [0.15, 0.2) is 0 Å². The van der Waals surface area contributed by atoms with E-state index in [1.165, 1.54) is 0 Å². The van der Waals surface area contributed by atoms with Crippen LogP contribution in [0.25, 0.3) is 0 Å². The van der Waals surface area contributed by atoms with Crippen LogP contribution in [0, 0.1) is 0 Å². The fourth-order valence-electron chi connectivity index (χ4n) is 0.844. The Morgan fingerprint density at radius 3 is 2.67 bits per heavy atom. The number of rotatable bonds is 2. The Morgan fingerprint density at radius 1 is 1.78 bits per heavy atom. The van der Waals surface area contributed by atoms with Crippen molar-refractivity contribution >= 4 is 5.97 Å². The van der Waals surface area contributed by atoms with Crippen molar-refractivity contribution < 1.29 is 15.0 Å². The maximum atomic E-state index is 10.1. The van der Waals surface area contributed by atoms with Gasteiger partial charge in [0, 0.05) is 6.04 Å². The number of carbonyl (C=O) groups is 1. The van der Waals surface area contributed by atoms with Gasteiger partial charge in [0.2, 0.25) is 0 Å². The molecule has 3 N–H and O–H groups in total. The van der Waals surface area contributed by atoms with Crippen LogP contribution >= 0.6 is 0 Å². The number of hydrogen-bond donors (Lipinski definition) is 3. The summed E-state index contributed by atoms with van der Waals surface area (Å²) < 4.78 is 0. The summed E-state index contributed by atoms with van der Waals surface area (Å²) in [6, 6.07) is -0.423. The molecule has 1 saturated heterocycles. The summed E-state index contributed by atoms with van der Waals surface area (Å²) in [5.41, 5.74) is 0. The number of carboxylic acids is 1. The first-order chi connectivity index (χ1) is 4.24.